The van der Waals surface area contributed by atoms with Crippen molar-refractivity contribution in [2.75, 3.05) is 18.9 Å². The molecule has 0 atom stereocenters. The Balaban J connectivity index is 1.83. The van der Waals surface area contributed by atoms with Crippen LogP contribution in [-0.4, -0.2) is 28.5 Å². The lowest BCUT2D eigenvalue weighted by atomic mass is 10.1. The number of sulfonamides is 1. The number of rotatable bonds is 8. The minimum Gasteiger partial charge on any atom is -0.496 e. The molecule has 0 aliphatic heterocycles. The molecule has 0 unspecified atom stereocenters. The van der Waals surface area contributed by atoms with Gasteiger partial charge in [0.05, 0.1) is 24.8 Å². The van der Waals surface area contributed by atoms with E-state index in [1.807, 2.05) is 24.3 Å². The largest absolute Gasteiger partial charge is 0.496 e. The lowest BCUT2D eigenvalue weighted by molar-refractivity contribution is 0.0950. The molecule has 8 heteroatoms. The molecule has 2 N–H and O–H groups in total. The molecule has 7 nitrogen and oxygen atoms in total. The topological polar surface area (TPSA) is 93.7 Å². The smallest absolute Gasteiger partial charge is 0.262 e. The molecule has 3 aromatic rings. The number of ether oxygens (including phenoxy) is 2. The summed E-state index contributed by atoms with van der Waals surface area (Å²) in [7, 11) is -0.915. The maximum atomic E-state index is 13.0. The third-order valence-electron chi connectivity index (χ3n) is 4.72. The van der Waals surface area contributed by atoms with Crippen molar-refractivity contribution in [2.45, 2.75) is 18.4 Å². The molecule has 0 aliphatic carbocycles. The Bertz CT molecular complexity index is 1190. The van der Waals surface area contributed by atoms with Crippen LogP contribution in [0, 0.1) is 6.92 Å². The number of carbonyl (C=O) groups is 1. The van der Waals surface area contributed by atoms with Gasteiger partial charge in [0.2, 0.25) is 0 Å². The molecule has 0 saturated heterocycles. The van der Waals surface area contributed by atoms with Crippen molar-refractivity contribution in [1.29, 1.82) is 0 Å². The summed E-state index contributed by atoms with van der Waals surface area (Å²) < 4.78 is 39.1. The third kappa shape index (κ3) is 5.16. The fourth-order valence-electron chi connectivity index (χ4n) is 3.09. The molecule has 162 valence electrons. The number of hydrogen-bond donors (Lipinski definition) is 2. The Morgan fingerprint density at radius 1 is 0.903 bits per heavy atom. The minimum absolute atomic E-state index is 0.0170. The Morgan fingerprint density at radius 3 is 2.26 bits per heavy atom. The van der Waals surface area contributed by atoms with Crippen LogP contribution >= 0.6 is 0 Å². The Morgan fingerprint density at radius 2 is 1.55 bits per heavy atom. The Labute approximate surface area is 182 Å². The summed E-state index contributed by atoms with van der Waals surface area (Å²) in [5.74, 6) is 0.671. The van der Waals surface area contributed by atoms with E-state index in [2.05, 4.69) is 10.0 Å². The average Bonchev–Trinajstić information content (AvgIpc) is 2.78. The second-order valence-corrected chi connectivity index (χ2v) is 8.43. The summed E-state index contributed by atoms with van der Waals surface area (Å²) in [5, 5.41) is 2.80. The highest BCUT2D eigenvalue weighted by Gasteiger charge is 2.21. The van der Waals surface area contributed by atoms with Gasteiger partial charge in [-0.3, -0.25) is 9.52 Å². The Kier molecular flexibility index (Phi) is 6.81. The molecule has 0 bridgehead atoms. The maximum absolute atomic E-state index is 13.0. The third-order valence-corrected chi connectivity index (χ3v) is 6.23. The predicted molar refractivity (Wildman–Crippen MR) is 119 cm³/mol. The number of amides is 1. The number of hydrogen-bond acceptors (Lipinski definition) is 5. The minimum atomic E-state index is -3.94. The van der Waals surface area contributed by atoms with Gasteiger partial charge in [0.15, 0.2) is 0 Å². The van der Waals surface area contributed by atoms with E-state index in [0.717, 1.165) is 5.56 Å². The molecule has 0 spiro atoms. The normalized spacial score (nSPS) is 10.9. The van der Waals surface area contributed by atoms with E-state index in [1.165, 1.54) is 13.2 Å². The summed E-state index contributed by atoms with van der Waals surface area (Å²) >= 11 is 0. The lowest BCUT2D eigenvalue weighted by Gasteiger charge is -2.14. The predicted octanol–water partition coefficient (Wildman–Crippen LogP) is 3.74. The quantitative estimate of drug-likeness (QED) is 0.557. The first kappa shape index (κ1) is 22.2. The van der Waals surface area contributed by atoms with E-state index in [0.29, 0.717) is 22.7 Å². The van der Waals surface area contributed by atoms with E-state index in [-0.39, 0.29) is 22.9 Å². The van der Waals surface area contributed by atoms with Crippen molar-refractivity contribution >= 4 is 21.6 Å². The first-order valence-electron chi connectivity index (χ1n) is 9.52. The molecule has 3 rings (SSSR count). The zero-order valence-corrected chi connectivity index (χ0v) is 18.3. The summed E-state index contributed by atoms with van der Waals surface area (Å²) in [6, 6.07) is 18.6. The van der Waals surface area contributed by atoms with Gasteiger partial charge in [0.25, 0.3) is 15.9 Å². The van der Waals surface area contributed by atoms with Crippen molar-refractivity contribution in [2.24, 2.45) is 0 Å². The molecule has 0 heterocycles. The van der Waals surface area contributed by atoms with E-state index < -0.39 is 10.0 Å². The van der Waals surface area contributed by atoms with Gasteiger partial charge >= 0.3 is 0 Å². The van der Waals surface area contributed by atoms with Crippen LogP contribution in [0.2, 0.25) is 0 Å². The fraction of sp³-hybridized carbons (Fsp3) is 0.174. The van der Waals surface area contributed by atoms with Gasteiger partial charge < -0.3 is 14.8 Å². The van der Waals surface area contributed by atoms with E-state index in [4.69, 9.17) is 9.47 Å². The van der Waals surface area contributed by atoms with Gasteiger partial charge in [-0.05, 0) is 42.8 Å². The van der Waals surface area contributed by atoms with Crippen LogP contribution in [0.4, 0.5) is 5.69 Å². The second kappa shape index (κ2) is 9.53. The van der Waals surface area contributed by atoms with E-state index >= 15 is 0 Å². The van der Waals surface area contributed by atoms with Crippen LogP contribution in [0.1, 0.15) is 21.5 Å². The van der Waals surface area contributed by atoms with Crippen LogP contribution in [-0.2, 0) is 16.6 Å². The van der Waals surface area contributed by atoms with Gasteiger partial charge in [0.1, 0.15) is 11.5 Å². The van der Waals surface area contributed by atoms with Gasteiger partial charge in [-0.15, -0.1) is 0 Å². The summed E-state index contributed by atoms with van der Waals surface area (Å²) in [4.78, 5) is 12.7. The average molecular weight is 441 g/mol. The summed E-state index contributed by atoms with van der Waals surface area (Å²) in [6.07, 6.45) is 0. The van der Waals surface area contributed by atoms with E-state index in [9.17, 15) is 13.2 Å². The van der Waals surface area contributed by atoms with Crippen molar-refractivity contribution in [3.63, 3.8) is 0 Å². The summed E-state index contributed by atoms with van der Waals surface area (Å²) in [6.45, 7) is 1.92. The van der Waals surface area contributed by atoms with Gasteiger partial charge in [-0.25, -0.2) is 8.42 Å². The number of aryl methyl sites for hydroxylation is 1. The van der Waals surface area contributed by atoms with Crippen LogP contribution < -0.4 is 19.5 Å². The van der Waals surface area contributed by atoms with Crippen molar-refractivity contribution in [3.8, 4) is 11.5 Å². The van der Waals surface area contributed by atoms with Crippen molar-refractivity contribution < 1.29 is 22.7 Å². The van der Waals surface area contributed by atoms with Crippen LogP contribution in [0.5, 0.6) is 11.5 Å². The molecular formula is C23H24N2O5S. The second-order valence-electron chi connectivity index (χ2n) is 6.78. The number of carbonyl (C=O) groups excluding carboxylic acids is 1. The molecule has 0 aliphatic rings. The number of nitrogens with one attached hydrogen (secondary N) is 2. The van der Waals surface area contributed by atoms with Crippen LogP contribution in [0.15, 0.2) is 71.6 Å². The number of para-hydroxylation sites is 3. The highest BCUT2D eigenvalue weighted by Crippen LogP contribution is 2.27. The first-order chi connectivity index (χ1) is 14.9. The molecule has 3 aromatic carbocycles. The highest BCUT2D eigenvalue weighted by molar-refractivity contribution is 7.92. The molecule has 1 amide bonds. The summed E-state index contributed by atoms with van der Waals surface area (Å²) in [5.41, 5.74) is 1.89. The number of methoxy groups -OCH3 is 2. The number of benzene rings is 3. The van der Waals surface area contributed by atoms with E-state index in [1.54, 1.807) is 50.4 Å². The molecular weight excluding hydrogens is 416 g/mol. The van der Waals surface area contributed by atoms with Crippen molar-refractivity contribution in [1.82, 2.24) is 5.32 Å². The molecule has 0 radical (unpaired) electrons. The zero-order chi connectivity index (χ0) is 22.4. The molecule has 0 aromatic heterocycles. The van der Waals surface area contributed by atoms with Gasteiger partial charge in [-0.1, -0.05) is 36.4 Å². The molecule has 31 heavy (non-hydrogen) atoms. The number of anilines is 1. The van der Waals surface area contributed by atoms with Crippen molar-refractivity contribution in [3.05, 3.63) is 83.4 Å². The van der Waals surface area contributed by atoms with Crippen LogP contribution in [0.25, 0.3) is 0 Å². The standard InChI is InChI=1S/C23H24N2O5S/c1-16-12-13-17(23(26)24-15-18-8-4-6-10-20(18)29-2)14-22(16)31(27,28)25-19-9-5-7-11-21(19)30-3/h4-14,25H,15H2,1-3H3,(H,24,26). The molecule has 0 fully saturated rings. The fourth-order valence-corrected chi connectivity index (χ4v) is 4.43. The van der Waals surface area contributed by atoms with Crippen LogP contribution in [0.3, 0.4) is 0 Å². The lowest BCUT2D eigenvalue weighted by Crippen LogP contribution is -2.24. The Hall–Kier alpha value is -3.52. The molecule has 0 saturated carbocycles. The van der Waals surface area contributed by atoms with Gasteiger partial charge in [0, 0.05) is 17.7 Å². The first-order valence-corrected chi connectivity index (χ1v) is 11.0. The maximum Gasteiger partial charge on any atom is 0.262 e. The highest BCUT2D eigenvalue weighted by atomic mass is 32.2. The van der Waals surface area contributed by atoms with Gasteiger partial charge in [-0.2, -0.15) is 0 Å². The zero-order valence-electron chi connectivity index (χ0n) is 17.5. The SMILES string of the molecule is COc1ccccc1CNC(=O)c1ccc(C)c(S(=O)(=O)Nc2ccccc2OC)c1. The monoisotopic (exact) mass is 440 g/mol.